The molecule has 0 atom stereocenters. The van der Waals surface area contributed by atoms with E-state index >= 15 is 0 Å². The van der Waals surface area contributed by atoms with Crippen LogP contribution in [-0.4, -0.2) is 32.9 Å². The Balaban J connectivity index is -0.000000487. The van der Waals surface area contributed by atoms with Crippen LogP contribution in [0, 0.1) is 0 Å². The summed E-state index contributed by atoms with van der Waals surface area (Å²) in [6.45, 7) is 32.5. The molecule has 0 heterocycles. The first-order valence-corrected chi connectivity index (χ1v) is 17.5. The third kappa shape index (κ3) is 23.1. The standard InChI is InChI=1S/2C14H27P.2ClH.Ni/c2*1-8-9-10-11-12-15(13(2,3)4)14(5,6)7;;;/h2*8-11H,12H2,1-7H3;2*1H;/q;;;;+2/p-2. The average molecular weight is 582 g/mol. The second kappa shape index (κ2) is 19.1. The van der Waals surface area contributed by atoms with Crippen molar-refractivity contribution in [2.75, 3.05) is 12.3 Å². The van der Waals surface area contributed by atoms with E-state index in [-0.39, 0.29) is 15.8 Å². The fourth-order valence-corrected chi connectivity index (χ4v) is 10.7. The van der Waals surface area contributed by atoms with E-state index in [1.165, 1.54) is 12.3 Å². The number of allylic oxidation sites excluding steroid dienone is 8. The summed E-state index contributed by atoms with van der Waals surface area (Å²) >= 11 is 0.569. The van der Waals surface area contributed by atoms with Crippen LogP contribution >= 0.6 is 36.2 Å². The molecular formula is C28H54Cl2NiP2. The second-order valence-corrected chi connectivity index (χ2v) is 21.3. The minimum absolute atomic E-state index is 0.0199. The first kappa shape index (κ1) is 38.4. The minimum atomic E-state index is 0.0199. The van der Waals surface area contributed by atoms with E-state index in [4.69, 9.17) is 20.4 Å². The van der Waals surface area contributed by atoms with Crippen LogP contribution in [0.5, 0.6) is 0 Å². The number of halogens is 2. The molecule has 0 aromatic rings. The monoisotopic (exact) mass is 580 g/mol. The van der Waals surface area contributed by atoms with E-state index in [2.05, 4.69) is 146 Å². The van der Waals surface area contributed by atoms with Crippen molar-refractivity contribution in [3.05, 3.63) is 48.6 Å². The normalized spacial score (nSPS) is 14.0. The number of rotatable bonds is 6. The van der Waals surface area contributed by atoms with Gasteiger partial charge in [-0.25, -0.2) is 0 Å². The molecule has 0 radical (unpaired) electrons. The van der Waals surface area contributed by atoms with Crippen LogP contribution in [0.4, 0.5) is 0 Å². The van der Waals surface area contributed by atoms with E-state index in [9.17, 15) is 0 Å². The number of hydrogen-bond acceptors (Lipinski definition) is 0. The van der Waals surface area contributed by atoms with Crippen LogP contribution in [0.3, 0.4) is 0 Å². The molecule has 5 heteroatoms. The fraction of sp³-hybridized carbons (Fsp3) is 0.714. The van der Waals surface area contributed by atoms with Gasteiger partial charge in [-0.05, 0) is 46.8 Å². The van der Waals surface area contributed by atoms with E-state index in [0.717, 1.165) is 0 Å². The van der Waals surface area contributed by atoms with Gasteiger partial charge in [-0.1, -0.05) is 148 Å². The van der Waals surface area contributed by atoms with Crippen LogP contribution in [0.2, 0.25) is 0 Å². The van der Waals surface area contributed by atoms with Gasteiger partial charge in [-0.15, -0.1) is 0 Å². The molecule has 0 rings (SSSR count). The Labute approximate surface area is 226 Å². The Morgan fingerprint density at radius 1 is 0.515 bits per heavy atom. The summed E-state index contributed by atoms with van der Waals surface area (Å²) in [4.78, 5) is 0. The molecule has 0 aromatic heterocycles. The average Bonchev–Trinajstić information content (AvgIpc) is 2.58. The second-order valence-electron chi connectivity index (χ2n) is 11.9. The molecule has 0 N–H and O–H groups in total. The summed E-state index contributed by atoms with van der Waals surface area (Å²) < 4.78 is 0. The molecular weight excluding hydrogens is 528 g/mol. The molecule has 0 amide bonds. The van der Waals surface area contributed by atoms with E-state index in [0.29, 0.717) is 33.3 Å². The van der Waals surface area contributed by atoms with Crippen LogP contribution in [-0.2, 0) is 12.7 Å². The van der Waals surface area contributed by atoms with E-state index < -0.39 is 0 Å². The van der Waals surface area contributed by atoms with Crippen LogP contribution < -0.4 is 0 Å². The Morgan fingerprint density at radius 3 is 0.879 bits per heavy atom. The summed E-state index contributed by atoms with van der Waals surface area (Å²) in [6.07, 6.45) is 19.8. The Kier molecular flexibility index (Phi) is 22.2. The van der Waals surface area contributed by atoms with Gasteiger partial charge in [0.15, 0.2) is 0 Å². The van der Waals surface area contributed by atoms with Crippen molar-refractivity contribution in [3.8, 4) is 0 Å². The SMILES string of the molecule is CC=CC=CCP(C(C)(C)C)C(C)(C)C.CC=CC=CCP(C(C)(C)C)C(C)(C)C.[Cl][Ni][Cl]. The molecule has 0 fully saturated rings. The fourth-order valence-electron chi connectivity index (χ4n) is 3.82. The molecule has 0 aliphatic rings. The predicted molar refractivity (Wildman–Crippen MR) is 162 cm³/mol. The molecule has 0 spiro atoms. The Bertz CT molecular complexity index is 501. The Hall–Kier alpha value is 0.894. The maximum absolute atomic E-state index is 4.70. The van der Waals surface area contributed by atoms with Crippen molar-refractivity contribution in [2.24, 2.45) is 0 Å². The van der Waals surface area contributed by atoms with Crippen molar-refractivity contribution >= 4 is 36.2 Å². The third-order valence-electron chi connectivity index (χ3n) is 4.69. The van der Waals surface area contributed by atoms with Gasteiger partial charge in [0.1, 0.15) is 0 Å². The molecule has 0 unspecified atom stereocenters. The first-order valence-electron chi connectivity index (χ1n) is 11.7. The topological polar surface area (TPSA) is 0 Å². The Morgan fingerprint density at radius 2 is 0.727 bits per heavy atom. The van der Waals surface area contributed by atoms with Gasteiger partial charge in [0.05, 0.1) is 0 Å². The molecule has 0 saturated heterocycles. The molecule has 0 aliphatic heterocycles. The zero-order chi connectivity index (χ0) is 26.9. The molecule has 0 nitrogen and oxygen atoms in total. The van der Waals surface area contributed by atoms with E-state index in [1.54, 1.807) is 0 Å². The van der Waals surface area contributed by atoms with Gasteiger partial charge >= 0.3 is 33.0 Å². The molecule has 0 bridgehead atoms. The summed E-state index contributed by atoms with van der Waals surface area (Å²) in [5.74, 6) is 0. The maximum atomic E-state index is 4.70. The first-order chi connectivity index (χ1) is 14.8. The zero-order valence-corrected chi connectivity index (χ0v) is 28.3. The predicted octanol–water partition coefficient (Wildman–Crippen LogP) is 11.8. The van der Waals surface area contributed by atoms with Crippen molar-refractivity contribution in [3.63, 3.8) is 0 Å². The summed E-state index contributed by atoms with van der Waals surface area (Å²) in [5, 5.41) is 1.75. The van der Waals surface area contributed by atoms with Gasteiger partial charge in [-0.3, -0.25) is 0 Å². The summed E-state index contributed by atoms with van der Waals surface area (Å²) in [6, 6.07) is 0. The molecule has 33 heavy (non-hydrogen) atoms. The van der Waals surface area contributed by atoms with Crippen LogP contribution in [0.25, 0.3) is 0 Å². The summed E-state index contributed by atoms with van der Waals surface area (Å²) in [7, 11) is 9.44. The van der Waals surface area contributed by atoms with Gasteiger partial charge in [0, 0.05) is 0 Å². The van der Waals surface area contributed by atoms with Gasteiger partial charge in [0.2, 0.25) is 0 Å². The molecule has 0 saturated carbocycles. The van der Waals surface area contributed by atoms with Crippen LogP contribution in [0.1, 0.15) is 96.9 Å². The van der Waals surface area contributed by atoms with Crippen LogP contribution in [0.15, 0.2) is 48.6 Å². The van der Waals surface area contributed by atoms with Gasteiger partial charge in [0.25, 0.3) is 0 Å². The summed E-state index contributed by atoms with van der Waals surface area (Å²) in [5.41, 5.74) is 0. The molecule has 200 valence electrons. The molecule has 0 aromatic carbocycles. The van der Waals surface area contributed by atoms with Crippen molar-refractivity contribution < 1.29 is 12.7 Å². The van der Waals surface area contributed by atoms with Crippen molar-refractivity contribution in [2.45, 2.75) is 118 Å². The third-order valence-corrected chi connectivity index (χ3v) is 12.3. The van der Waals surface area contributed by atoms with Crippen molar-refractivity contribution in [1.82, 2.24) is 0 Å². The van der Waals surface area contributed by atoms with Gasteiger partial charge in [-0.2, -0.15) is 0 Å². The molecule has 0 aliphatic carbocycles. The van der Waals surface area contributed by atoms with Gasteiger partial charge < -0.3 is 0 Å². The quantitative estimate of drug-likeness (QED) is 0.166. The zero-order valence-electron chi connectivity index (χ0n) is 24.0. The number of hydrogen-bond donors (Lipinski definition) is 0. The van der Waals surface area contributed by atoms with E-state index in [1.807, 2.05) is 0 Å². The van der Waals surface area contributed by atoms with Crippen molar-refractivity contribution in [1.29, 1.82) is 0 Å².